The van der Waals surface area contributed by atoms with Crippen molar-refractivity contribution in [2.24, 2.45) is 0 Å². The zero-order valence-electron chi connectivity index (χ0n) is 7.85. The lowest BCUT2D eigenvalue weighted by molar-refractivity contribution is 0.0594. The van der Waals surface area contributed by atoms with Crippen molar-refractivity contribution in [1.82, 2.24) is 4.98 Å². The number of nitrogens with one attached hydrogen (secondary N) is 1. The first-order chi connectivity index (χ1) is 6.06. The van der Waals surface area contributed by atoms with Crippen LogP contribution in [0.25, 0.3) is 0 Å². The third-order valence-electron chi connectivity index (χ3n) is 1.78. The third-order valence-corrected chi connectivity index (χ3v) is 2.44. The molecule has 1 N–H and O–H groups in total. The number of esters is 1. The van der Waals surface area contributed by atoms with Gasteiger partial charge in [-0.05, 0) is 27.9 Å². The molecule has 1 aromatic heterocycles. The van der Waals surface area contributed by atoms with Crippen LogP contribution >= 0.6 is 15.9 Å². The molecule has 72 valence electrons. The Balaban J connectivity index is 3.02. The van der Waals surface area contributed by atoms with Crippen LogP contribution in [0.1, 0.15) is 35.9 Å². The number of hydrogen-bond donors (Lipinski definition) is 1. The van der Waals surface area contributed by atoms with Gasteiger partial charge in [0.25, 0.3) is 0 Å². The van der Waals surface area contributed by atoms with Gasteiger partial charge in [0.1, 0.15) is 5.69 Å². The second kappa shape index (κ2) is 3.96. The van der Waals surface area contributed by atoms with Crippen molar-refractivity contribution in [2.75, 3.05) is 7.11 Å². The summed E-state index contributed by atoms with van der Waals surface area (Å²) in [6.45, 7) is 4.11. The van der Waals surface area contributed by atoms with Crippen molar-refractivity contribution in [3.05, 3.63) is 21.9 Å². The zero-order valence-corrected chi connectivity index (χ0v) is 9.44. The highest BCUT2D eigenvalue weighted by molar-refractivity contribution is 9.10. The zero-order chi connectivity index (χ0) is 10.0. The molecule has 13 heavy (non-hydrogen) atoms. The van der Waals surface area contributed by atoms with E-state index in [9.17, 15) is 4.79 Å². The maximum absolute atomic E-state index is 11.1. The summed E-state index contributed by atoms with van der Waals surface area (Å²) in [5.74, 6) is 0.0142. The molecule has 0 saturated heterocycles. The molecule has 1 heterocycles. The van der Waals surface area contributed by atoms with E-state index >= 15 is 0 Å². The first kappa shape index (κ1) is 10.3. The van der Waals surface area contributed by atoms with Gasteiger partial charge >= 0.3 is 5.97 Å². The van der Waals surface area contributed by atoms with Crippen LogP contribution in [0.3, 0.4) is 0 Å². The van der Waals surface area contributed by atoms with E-state index in [1.807, 2.05) is 0 Å². The highest BCUT2D eigenvalue weighted by atomic mass is 79.9. The van der Waals surface area contributed by atoms with Gasteiger partial charge in [0.05, 0.1) is 7.11 Å². The minimum atomic E-state index is -0.340. The summed E-state index contributed by atoms with van der Waals surface area (Å²) in [5, 5.41) is 0. The smallest absolute Gasteiger partial charge is 0.354 e. The molecule has 0 aromatic carbocycles. The minimum Gasteiger partial charge on any atom is -0.464 e. The van der Waals surface area contributed by atoms with Crippen LogP contribution in [0, 0.1) is 0 Å². The van der Waals surface area contributed by atoms with Crippen molar-refractivity contribution in [3.63, 3.8) is 0 Å². The first-order valence-electron chi connectivity index (χ1n) is 4.03. The Labute approximate surface area is 85.6 Å². The lowest BCUT2D eigenvalue weighted by Crippen LogP contribution is -2.01. The van der Waals surface area contributed by atoms with E-state index < -0.39 is 0 Å². The maximum atomic E-state index is 11.1. The average molecular weight is 246 g/mol. The predicted molar refractivity (Wildman–Crippen MR) is 53.9 cm³/mol. The van der Waals surface area contributed by atoms with Gasteiger partial charge in [-0.15, -0.1) is 0 Å². The summed E-state index contributed by atoms with van der Waals surface area (Å²) >= 11 is 3.38. The van der Waals surface area contributed by atoms with Gasteiger partial charge in [-0.25, -0.2) is 4.79 Å². The Morgan fingerprint density at radius 1 is 1.62 bits per heavy atom. The van der Waals surface area contributed by atoms with Crippen LogP contribution in [-0.2, 0) is 4.74 Å². The van der Waals surface area contributed by atoms with Crippen LogP contribution in [-0.4, -0.2) is 18.1 Å². The number of rotatable bonds is 2. The number of methoxy groups -OCH3 is 1. The minimum absolute atomic E-state index is 0.340. The van der Waals surface area contributed by atoms with Crippen LogP contribution in [0.5, 0.6) is 0 Å². The highest BCUT2D eigenvalue weighted by Gasteiger charge is 2.13. The fourth-order valence-electron chi connectivity index (χ4n) is 1.09. The molecule has 1 aromatic rings. The van der Waals surface area contributed by atoms with E-state index in [0.29, 0.717) is 11.6 Å². The lowest BCUT2D eigenvalue weighted by atomic mass is 10.1. The van der Waals surface area contributed by atoms with E-state index in [1.54, 1.807) is 6.07 Å². The standard InChI is InChI=1S/C9H12BrNO2/c1-5(2)8-6(10)4-7(11-8)9(12)13-3/h4-5,11H,1-3H3. The molecule has 0 saturated carbocycles. The normalized spacial score (nSPS) is 10.5. The molecular formula is C9H12BrNO2. The molecular weight excluding hydrogens is 234 g/mol. The van der Waals surface area contributed by atoms with Crippen LogP contribution < -0.4 is 0 Å². The molecule has 3 nitrogen and oxygen atoms in total. The number of aromatic nitrogens is 1. The molecule has 0 amide bonds. The van der Waals surface area contributed by atoms with Crippen molar-refractivity contribution < 1.29 is 9.53 Å². The van der Waals surface area contributed by atoms with Crippen molar-refractivity contribution in [3.8, 4) is 0 Å². The lowest BCUT2D eigenvalue weighted by Gasteiger charge is -2.01. The fourth-order valence-corrected chi connectivity index (χ4v) is 1.87. The second-order valence-electron chi connectivity index (χ2n) is 3.09. The van der Waals surface area contributed by atoms with Gasteiger partial charge in [-0.2, -0.15) is 0 Å². The molecule has 0 atom stereocenters. The third kappa shape index (κ3) is 2.12. The summed E-state index contributed by atoms with van der Waals surface area (Å²) in [7, 11) is 1.37. The quantitative estimate of drug-likeness (QED) is 0.815. The molecule has 0 aliphatic rings. The van der Waals surface area contributed by atoms with Crippen LogP contribution in [0.4, 0.5) is 0 Å². The van der Waals surface area contributed by atoms with Gasteiger partial charge in [0.2, 0.25) is 0 Å². The predicted octanol–water partition coefficient (Wildman–Crippen LogP) is 2.69. The molecule has 0 bridgehead atoms. The summed E-state index contributed by atoms with van der Waals surface area (Å²) in [6, 6.07) is 1.74. The molecule has 1 rings (SSSR count). The van der Waals surface area contributed by atoms with Gasteiger partial charge < -0.3 is 9.72 Å². The Morgan fingerprint density at radius 3 is 2.62 bits per heavy atom. The van der Waals surface area contributed by atoms with E-state index in [1.165, 1.54) is 7.11 Å². The van der Waals surface area contributed by atoms with Crippen molar-refractivity contribution in [2.45, 2.75) is 19.8 Å². The topological polar surface area (TPSA) is 42.1 Å². The Morgan fingerprint density at radius 2 is 2.23 bits per heavy atom. The number of hydrogen-bond acceptors (Lipinski definition) is 2. The van der Waals surface area contributed by atoms with Gasteiger partial charge in [0.15, 0.2) is 0 Å². The Hall–Kier alpha value is -0.770. The number of ether oxygens (including phenoxy) is 1. The number of H-pyrrole nitrogens is 1. The number of carbonyl (C=O) groups excluding carboxylic acids is 1. The van der Waals surface area contributed by atoms with Gasteiger partial charge in [-0.1, -0.05) is 13.8 Å². The highest BCUT2D eigenvalue weighted by Crippen LogP contribution is 2.25. The van der Waals surface area contributed by atoms with Crippen LogP contribution in [0.15, 0.2) is 10.5 Å². The van der Waals surface area contributed by atoms with Crippen LogP contribution in [0.2, 0.25) is 0 Å². The molecule has 0 fully saturated rings. The fraction of sp³-hybridized carbons (Fsp3) is 0.444. The molecule has 0 spiro atoms. The number of aromatic amines is 1. The summed E-state index contributed by atoms with van der Waals surface area (Å²) in [4.78, 5) is 14.1. The van der Waals surface area contributed by atoms with Gasteiger partial charge in [0, 0.05) is 10.2 Å². The molecule has 0 unspecified atom stereocenters. The first-order valence-corrected chi connectivity index (χ1v) is 4.82. The van der Waals surface area contributed by atoms with Crippen molar-refractivity contribution >= 4 is 21.9 Å². The number of carbonyl (C=O) groups is 1. The SMILES string of the molecule is COC(=O)c1cc(Br)c(C(C)C)[nH]1. The van der Waals surface area contributed by atoms with E-state index in [2.05, 4.69) is 39.5 Å². The molecule has 0 aliphatic heterocycles. The monoisotopic (exact) mass is 245 g/mol. The van der Waals surface area contributed by atoms with Gasteiger partial charge in [-0.3, -0.25) is 0 Å². The number of halogens is 1. The Kier molecular flexibility index (Phi) is 3.14. The Bertz CT molecular complexity index is 317. The van der Waals surface area contributed by atoms with E-state index in [4.69, 9.17) is 0 Å². The van der Waals surface area contributed by atoms with Crippen molar-refractivity contribution in [1.29, 1.82) is 0 Å². The maximum Gasteiger partial charge on any atom is 0.354 e. The molecule has 0 radical (unpaired) electrons. The molecule has 4 heteroatoms. The molecule has 0 aliphatic carbocycles. The average Bonchev–Trinajstić information content (AvgIpc) is 2.46. The summed E-state index contributed by atoms with van der Waals surface area (Å²) in [5.41, 5.74) is 1.50. The summed E-state index contributed by atoms with van der Waals surface area (Å²) in [6.07, 6.45) is 0. The second-order valence-corrected chi connectivity index (χ2v) is 3.95. The van der Waals surface area contributed by atoms with E-state index in [0.717, 1.165) is 10.2 Å². The summed E-state index contributed by atoms with van der Waals surface area (Å²) < 4.78 is 5.51. The van der Waals surface area contributed by atoms with E-state index in [-0.39, 0.29) is 5.97 Å². The largest absolute Gasteiger partial charge is 0.464 e.